The minimum absolute atomic E-state index is 0.0206. The first-order chi connectivity index (χ1) is 23.1. The van der Waals surface area contributed by atoms with Gasteiger partial charge in [0.15, 0.2) is 0 Å². The van der Waals surface area contributed by atoms with Crippen LogP contribution >= 0.6 is 0 Å². The Morgan fingerprint density at radius 2 is 1.62 bits per heavy atom. The quantitative estimate of drug-likeness (QED) is 0.127. The Morgan fingerprint density at radius 3 is 2.35 bits per heavy atom. The van der Waals surface area contributed by atoms with Gasteiger partial charge in [-0.2, -0.15) is 8.42 Å². The van der Waals surface area contributed by atoms with Crippen molar-refractivity contribution in [2.45, 2.75) is 12.3 Å². The highest BCUT2D eigenvalue weighted by atomic mass is 32.2. The zero-order chi connectivity index (χ0) is 33.8. The second-order valence-electron chi connectivity index (χ2n) is 11.3. The Bertz CT molecular complexity index is 2220. The number of para-hydroxylation sites is 1. The number of hydrogen-bond acceptors (Lipinski definition) is 6. The van der Waals surface area contributed by atoms with Crippen molar-refractivity contribution in [3.8, 4) is 17.1 Å². The summed E-state index contributed by atoms with van der Waals surface area (Å²) in [5, 5.41) is 7.93. The summed E-state index contributed by atoms with van der Waals surface area (Å²) in [4.78, 5) is 26.4. The summed E-state index contributed by atoms with van der Waals surface area (Å²) in [5.74, 6) is -1.68. The molecule has 0 spiro atoms. The van der Waals surface area contributed by atoms with Crippen LogP contribution in [0.4, 0.5) is 10.1 Å². The van der Waals surface area contributed by atoms with Crippen molar-refractivity contribution >= 4 is 49.4 Å². The van der Waals surface area contributed by atoms with E-state index in [2.05, 4.69) is 10.6 Å². The van der Waals surface area contributed by atoms with Gasteiger partial charge in [0.2, 0.25) is 5.91 Å². The monoisotopic (exact) mass is 666 g/mol. The number of carbonyl (C=O) groups excluding carboxylic acids is 2. The molecule has 2 amide bonds. The topological polar surface area (TPSA) is 135 Å². The number of halogens is 1. The lowest BCUT2D eigenvalue weighted by Gasteiger charge is -2.19. The largest absolute Gasteiger partial charge is 0.497 e. The van der Waals surface area contributed by atoms with Crippen LogP contribution in [-0.4, -0.2) is 44.2 Å². The number of anilines is 1. The fraction of sp³-hybridized carbons (Fsp3) is 0.135. The third kappa shape index (κ3) is 7.54. The molecule has 0 aliphatic carbocycles. The van der Waals surface area contributed by atoms with Gasteiger partial charge in [0.1, 0.15) is 22.9 Å². The predicted octanol–water partition coefficient (Wildman–Crippen LogP) is 6.98. The van der Waals surface area contributed by atoms with E-state index in [1.807, 2.05) is 66.7 Å². The van der Waals surface area contributed by atoms with Crippen molar-refractivity contribution in [2.75, 3.05) is 24.7 Å². The predicted molar refractivity (Wildman–Crippen MR) is 182 cm³/mol. The second kappa shape index (κ2) is 13.7. The smallest absolute Gasteiger partial charge is 0.266 e. The van der Waals surface area contributed by atoms with Gasteiger partial charge in [-0.3, -0.25) is 14.1 Å². The second-order valence-corrected chi connectivity index (χ2v) is 12.9. The van der Waals surface area contributed by atoms with Gasteiger partial charge < -0.3 is 19.8 Å². The van der Waals surface area contributed by atoms with Crippen LogP contribution in [0.3, 0.4) is 0 Å². The summed E-state index contributed by atoms with van der Waals surface area (Å²) in [6, 6.07) is 31.7. The molecule has 1 atom stereocenters. The molecule has 11 heteroatoms. The highest BCUT2D eigenvalue weighted by Gasteiger charge is 2.24. The molecule has 0 aliphatic rings. The van der Waals surface area contributed by atoms with Crippen LogP contribution in [-0.2, 0) is 21.3 Å². The zero-order valence-corrected chi connectivity index (χ0v) is 26.6. The average Bonchev–Trinajstić information content (AvgIpc) is 3.52. The number of amides is 2. The number of rotatable bonds is 11. The average molecular weight is 667 g/mol. The van der Waals surface area contributed by atoms with Crippen molar-refractivity contribution in [3.05, 3.63) is 132 Å². The molecule has 0 saturated heterocycles. The van der Waals surface area contributed by atoms with Gasteiger partial charge in [0.05, 0.1) is 24.5 Å². The van der Waals surface area contributed by atoms with Crippen LogP contribution in [0.25, 0.3) is 33.1 Å². The maximum atomic E-state index is 15.4. The molecule has 48 heavy (non-hydrogen) atoms. The molecule has 1 unspecified atom stereocenters. The lowest BCUT2D eigenvalue weighted by Crippen LogP contribution is -2.28. The Labute approximate surface area is 276 Å². The Hall–Kier alpha value is -5.52. The van der Waals surface area contributed by atoms with Crippen molar-refractivity contribution in [2.24, 2.45) is 0 Å². The van der Waals surface area contributed by atoms with E-state index in [0.29, 0.717) is 28.2 Å². The van der Waals surface area contributed by atoms with Crippen LogP contribution < -0.4 is 15.4 Å². The van der Waals surface area contributed by atoms with E-state index < -0.39 is 39.4 Å². The molecule has 0 fully saturated rings. The molecule has 0 radical (unpaired) electrons. The maximum Gasteiger partial charge on any atom is 0.266 e. The van der Waals surface area contributed by atoms with E-state index in [9.17, 15) is 18.0 Å². The highest BCUT2D eigenvalue weighted by Crippen LogP contribution is 2.32. The van der Waals surface area contributed by atoms with Crippen molar-refractivity contribution in [1.29, 1.82) is 0 Å². The van der Waals surface area contributed by atoms with E-state index in [-0.39, 0.29) is 24.2 Å². The van der Waals surface area contributed by atoms with Gasteiger partial charge in [-0.25, -0.2) is 4.39 Å². The molecule has 9 nitrogen and oxygen atoms in total. The first kappa shape index (κ1) is 32.4. The molecule has 0 bridgehead atoms. The molecule has 3 N–H and O–H groups in total. The molecular formula is C37H31FN2O7S. The third-order valence-corrected chi connectivity index (χ3v) is 8.75. The molecule has 1 heterocycles. The standard InChI is InChI=1S/C37H31FN2O7S/c1-46-30-14-12-25-19-27(11-10-26(25)20-30)31(18-23-6-8-24(9-7-23)36(41)39-16-17-48(43,44)45)37(42)40-33-15-13-29(21-32(33)38)35-22-28-4-2-3-5-34(28)47-35/h2-15,19-22,31H,16-18H2,1H3,(H,39,41)(H,40,42)(H,43,44,45). The van der Waals surface area contributed by atoms with Crippen LogP contribution in [0.5, 0.6) is 5.75 Å². The summed E-state index contributed by atoms with van der Waals surface area (Å²) in [5.41, 5.74) is 2.96. The van der Waals surface area contributed by atoms with Gasteiger partial charge in [0.25, 0.3) is 16.0 Å². The molecule has 0 aliphatic heterocycles. The van der Waals surface area contributed by atoms with Gasteiger partial charge in [-0.05, 0) is 82.9 Å². The number of ether oxygens (including phenoxy) is 1. The van der Waals surface area contributed by atoms with E-state index >= 15 is 4.39 Å². The Balaban J connectivity index is 1.25. The molecular weight excluding hydrogens is 635 g/mol. The summed E-state index contributed by atoms with van der Waals surface area (Å²) < 4.78 is 57.5. The molecule has 6 rings (SSSR count). The number of methoxy groups -OCH3 is 1. The fourth-order valence-corrected chi connectivity index (χ4v) is 5.85. The highest BCUT2D eigenvalue weighted by molar-refractivity contribution is 7.85. The minimum atomic E-state index is -4.21. The third-order valence-electron chi connectivity index (χ3n) is 8.03. The molecule has 6 aromatic rings. The van der Waals surface area contributed by atoms with Crippen LogP contribution in [0.2, 0.25) is 0 Å². The van der Waals surface area contributed by atoms with E-state index in [4.69, 9.17) is 13.7 Å². The summed E-state index contributed by atoms with van der Waals surface area (Å²) >= 11 is 0. The Morgan fingerprint density at radius 1 is 0.875 bits per heavy atom. The summed E-state index contributed by atoms with van der Waals surface area (Å²) in [6.07, 6.45) is 0.233. The molecule has 244 valence electrons. The van der Waals surface area contributed by atoms with Gasteiger partial charge in [0, 0.05) is 23.1 Å². The van der Waals surface area contributed by atoms with Crippen LogP contribution in [0.1, 0.15) is 27.4 Å². The number of hydrogen-bond donors (Lipinski definition) is 3. The van der Waals surface area contributed by atoms with Crippen molar-refractivity contribution in [1.82, 2.24) is 5.32 Å². The van der Waals surface area contributed by atoms with Gasteiger partial charge >= 0.3 is 0 Å². The lowest BCUT2D eigenvalue weighted by atomic mass is 9.89. The normalized spacial score (nSPS) is 12.1. The number of furan rings is 1. The lowest BCUT2D eigenvalue weighted by molar-refractivity contribution is -0.117. The van der Waals surface area contributed by atoms with E-state index in [0.717, 1.165) is 21.7 Å². The first-order valence-corrected chi connectivity index (χ1v) is 16.7. The minimum Gasteiger partial charge on any atom is -0.497 e. The molecule has 5 aromatic carbocycles. The number of benzene rings is 5. The van der Waals surface area contributed by atoms with E-state index in [1.54, 1.807) is 37.4 Å². The van der Waals surface area contributed by atoms with Gasteiger partial charge in [-0.15, -0.1) is 0 Å². The number of carbonyl (C=O) groups is 2. The SMILES string of the molecule is COc1ccc2cc(C(Cc3ccc(C(=O)NCCS(=O)(=O)O)cc3)C(=O)Nc3ccc(-c4cc5ccccc5o4)cc3F)ccc2c1. The number of fused-ring (bicyclic) bond motifs is 2. The zero-order valence-electron chi connectivity index (χ0n) is 25.8. The first-order valence-electron chi connectivity index (χ1n) is 15.1. The summed E-state index contributed by atoms with van der Waals surface area (Å²) in [7, 11) is -2.62. The molecule has 1 aromatic heterocycles. The van der Waals surface area contributed by atoms with Crippen LogP contribution in [0.15, 0.2) is 114 Å². The maximum absolute atomic E-state index is 15.4. The summed E-state index contributed by atoms with van der Waals surface area (Å²) in [6.45, 7) is -0.245. The fourth-order valence-electron chi connectivity index (χ4n) is 5.49. The van der Waals surface area contributed by atoms with Crippen molar-refractivity contribution < 1.29 is 36.1 Å². The number of nitrogens with one attached hydrogen (secondary N) is 2. The van der Waals surface area contributed by atoms with Gasteiger partial charge in [-0.1, -0.05) is 54.6 Å². The Kier molecular flexibility index (Phi) is 9.24. The molecule has 0 saturated carbocycles. The van der Waals surface area contributed by atoms with Crippen molar-refractivity contribution in [3.63, 3.8) is 0 Å². The van der Waals surface area contributed by atoms with Crippen LogP contribution in [0, 0.1) is 5.82 Å². The van der Waals surface area contributed by atoms with E-state index in [1.165, 1.54) is 12.1 Å².